The van der Waals surface area contributed by atoms with Gasteiger partial charge in [0.05, 0.1) is 28.5 Å². The van der Waals surface area contributed by atoms with E-state index < -0.39 is 0 Å². The summed E-state index contributed by atoms with van der Waals surface area (Å²) in [6, 6.07) is 42.5. The van der Waals surface area contributed by atoms with Gasteiger partial charge in [-0.05, 0) is 57.1 Å². The summed E-state index contributed by atoms with van der Waals surface area (Å²) in [6.07, 6.45) is 1.60. The van der Waals surface area contributed by atoms with Crippen molar-refractivity contribution >= 4 is 43.1 Å². The largest absolute Gasteiger partial charge is 0.507 e. The summed E-state index contributed by atoms with van der Waals surface area (Å²) < 4.78 is 2.07. The van der Waals surface area contributed by atoms with E-state index in [0.717, 1.165) is 109 Å². The average Bonchev–Trinajstić information content (AvgIpc) is 3.90. The van der Waals surface area contributed by atoms with Crippen LogP contribution in [0.2, 0.25) is 0 Å². The molecule has 3 heterocycles. The number of benzene rings is 6. The Labute approximate surface area is 438 Å². The number of phenolic OH excluding ortho intramolecular Hbond substituents is 2. The molecule has 6 nitrogen and oxygen atoms in total. The maximum absolute atomic E-state index is 11.7. The van der Waals surface area contributed by atoms with E-state index in [1.165, 1.54) is 0 Å². The molecule has 68 heavy (non-hydrogen) atoms. The normalized spacial score (nSPS) is 12.3. The van der Waals surface area contributed by atoms with Crippen molar-refractivity contribution in [2.24, 2.45) is 0 Å². The molecule has 0 radical (unpaired) electrons. The maximum Gasteiger partial charge on any atom is 0.129 e. The first-order valence-corrected chi connectivity index (χ1v) is 24.1. The van der Waals surface area contributed by atoms with Gasteiger partial charge in [-0.3, -0.25) is 9.97 Å². The van der Waals surface area contributed by atoms with Gasteiger partial charge in [0.25, 0.3) is 0 Å². The zero-order valence-corrected chi connectivity index (χ0v) is 46.7. The molecule has 9 rings (SSSR count). The van der Waals surface area contributed by atoms with Gasteiger partial charge in [-0.25, -0.2) is 9.97 Å². The van der Waals surface area contributed by atoms with Gasteiger partial charge in [0.1, 0.15) is 21.5 Å². The smallest absolute Gasteiger partial charge is 0.129 e. The maximum atomic E-state index is 11.7. The Morgan fingerprint density at radius 2 is 0.794 bits per heavy atom. The van der Waals surface area contributed by atoms with E-state index in [1.807, 2.05) is 30.3 Å². The minimum atomic E-state index is -0.247. The fourth-order valence-electron chi connectivity index (χ4n) is 8.37. The standard InChI is InChI=1S/C58H56N4O2S2.2Pt/c1-55(2,3)37-27-41(51(63)43(29-37)57(7,8)9)53-61-49-39(21-15-23-47(49)65-53)33-17-13-19-35(25-33)45-31-46(60-32-59-45)36-20-14-18-34(26-36)40-22-16-24-48-50(40)62-54(66-48)42-28-38(56(4,5)6)30-44(52(42)64)58(10,11)12;;/h13-24,27-32,63-64H,1-12H3;;/q-2;;. The molecule has 9 aromatic rings. The molecule has 0 amide bonds. The van der Waals surface area contributed by atoms with Crippen molar-refractivity contribution in [3.05, 3.63) is 144 Å². The van der Waals surface area contributed by atoms with E-state index in [2.05, 4.69) is 168 Å². The van der Waals surface area contributed by atoms with E-state index in [4.69, 9.17) is 19.9 Å². The van der Waals surface area contributed by atoms with Gasteiger partial charge in [-0.2, -0.15) is 0 Å². The van der Waals surface area contributed by atoms with Gasteiger partial charge < -0.3 is 10.2 Å². The fraction of sp³-hybridized carbons (Fsp3) is 0.276. The molecule has 0 atom stereocenters. The molecule has 6 aromatic carbocycles. The Bertz CT molecular complexity index is 3130. The third-order valence-corrected chi connectivity index (χ3v) is 14.4. The Hall–Kier alpha value is -4.84. The number of aromatic nitrogens is 4. The molecule has 2 N–H and O–H groups in total. The summed E-state index contributed by atoms with van der Waals surface area (Å²) in [4.78, 5) is 19.9. The van der Waals surface area contributed by atoms with Crippen LogP contribution < -0.4 is 0 Å². The Morgan fingerprint density at radius 3 is 1.16 bits per heavy atom. The minimum Gasteiger partial charge on any atom is -0.507 e. The average molecular weight is 1300 g/mol. The van der Waals surface area contributed by atoms with Gasteiger partial charge in [0.15, 0.2) is 0 Å². The molecule has 10 heteroatoms. The molecule has 0 aliphatic carbocycles. The topological polar surface area (TPSA) is 92.0 Å². The zero-order chi connectivity index (χ0) is 47.1. The fourth-order valence-corrected chi connectivity index (χ4v) is 10.4. The summed E-state index contributed by atoms with van der Waals surface area (Å²) in [5.41, 5.74) is 13.6. The zero-order valence-electron chi connectivity index (χ0n) is 40.5. The predicted octanol–water partition coefficient (Wildman–Crippen LogP) is 15.9. The first-order valence-electron chi connectivity index (χ1n) is 22.5. The summed E-state index contributed by atoms with van der Waals surface area (Å²) in [7, 11) is 0. The number of phenols is 2. The van der Waals surface area contributed by atoms with Gasteiger partial charge >= 0.3 is 0 Å². The third kappa shape index (κ3) is 9.95. The van der Waals surface area contributed by atoms with Crippen molar-refractivity contribution in [1.29, 1.82) is 0 Å². The SMILES string of the molecule is CC(C)(C)c1cc(-c2nc3c(-c4[c-]c(-c5cc(-c6[c-]c(-c7cccc8sc(-c9cc(C(C)(C)C)cc(C(C)(C)C)c9O)nc78)ccc6)ncn5)ccc4)cccc3s2)c(O)c(C(C)(C)C)c1.[Pt].[Pt]. The van der Waals surface area contributed by atoms with Gasteiger partial charge in [-0.1, -0.05) is 148 Å². The Balaban J connectivity index is 0.00000342. The molecule has 0 aliphatic rings. The van der Waals surface area contributed by atoms with Gasteiger partial charge in [-0.15, -0.1) is 82.3 Å². The van der Waals surface area contributed by atoms with Crippen LogP contribution in [0.15, 0.2) is 109 Å². The van der Waals surface area contributed by atoms with Crippen LogP contribution in [0.1, 0.15) is 105 Å². The summed E-state index contributed by atoms with van der Waals surface area (Å²) in [6.45, 7) is 26.0. The van der Waals surface area contributed by atoms with Crippen molar-refractivity contribution in [3.63, 3.8) is 0 Å². The number of aromatic hydroxyl groups is 2. The van der Waals surface area contributed by atoms with Crippen LogP contribution in [0.25, 0.3) is 86.3 Å². The molecule has 0 saturated carbocycles. The van der Waals surface area contributed by atoms with E-state index in [0.29, 0.717) is 0 Å². The first-order chi connectivity index (χ1) is 31.0. The van der Waals surface area contributed by atoms with Crippen LogP contribution in [0.4, 0.5) is 0 Å². The first kappa shape index (κ1) is 51.0. The minimum absolute atomic E-state index is 0. The summed E-state index contributed by atoms with van der Waals surface area (Å²) in [5.74, 6) is 0.574. The monoisotopic (exact) mass is 1290 g/mol. The van der Waals surface area contributed by atoms with Gasteiger partial charge in [0.2, 0.25) is 0 Å². The Morgan fingerprint density at radius 1 is 0.426 bits per heavy atom. The van der Waals surface area contributed by atoms with Crippen molar-refractivity contribution in [1.82, 2.24) is 19.9 Å². The molecule has 0 spiro atoms. The Kier molecular flexibility index (Phi) is 14.1. The molecule has 0 saturated heterocycles. The molecular formula is C58H56N4O2Pt2S2-2. The molecule has 0 bridgehead atoms. The van der Waals surface area contributed by atoms with E-state index in [1.54, 1.807) is 29.0 Å². The molecule has 3 aromatic heterocycles. The third-order valence-electron chi connectivity index (χ3n) is 12.3. The molecular weight excluding hydrogens is 1240 g/mol. The quantitative estimate of drug-likeness (QED) is 0.161. The number of nitrogens with zero attached hydrogens (tertiary/aromatic N) is 4. The second kappa shape index (κ2) is 18.8. The van der Waals surface area contributed by atoms with E-state index in [9.17, 15) is 10.2 Å². The van der Waals surface area contributed by atoms with Crippen LogP contribution in [-0.4, -0.2) is 30.1 Å². The molecule has 354 valence electrons. The van der Waals surface area contributed by atoms with Crippen LogP contribution in [0, 0.1) is 12.1 Å². The number of hydrogen-bond acceptors (Lipinski definition) is 8. The van der Waals surface area contributed by atoms with E-state index in [-0.39, 0.29) is 75.3 Å². The van der Waals surface area contributed by atoms with Crippen molar-refractivity contribution in [2.75, 3.05) is 0 Å². The summed E-state index contributed by atoms with van der Waals surface area (Å²) in [5, 5.41) is 25.0. The molecule has 0 unspecified atom stereocenters. The van der Waals surface area contributed by atoms with E-state index >= 15 is 0 Å². The second-order valence-electron chi connectivity index (χ2n) is 21.4. The van der Waals surface area contributed by atoms with Crippen LogP contribution in [0.5, 0.6) is 11.5 Å². The number of fused-ring (bicyclic) bond motifs is 2. The van der Waals surface area contributed by atoms with Crippen molar-refractivity contribution in [3.8, 4) is 77.4 Å². The second-order valence-corrected chi connectivity index (χ2v) is 23.5. The van der Waals surface area contributed by atoms with Crippen LogP contribution in [-0.2, 0) is 63.8 Å². The van der Waals surface area contributed by atoms with Crippen molar-refractivity contribution < 1.29 is 52.3 Å². The number of rotatable bonds is 6. The number of para-hydroxylation sites is 2. The molecule has 0 aliphatic heterocycles. The number of thiazole rings is 2. The van der Waals surface area contributed by atoms with Gasteiger partial charge in [0, 0.05) is 74.0 Å². The molecule has 0 fully saturated rings. The van der Waals surface area contributed by atoms with Crippen LogP contribution >= 0.6 is 22.7 Å². The number of hydrogen-bond donors (Lipinski definition) is 2. The van der Waals surface area contributed by atoms with Crippen LogP contribution in [0.3, 0.4) is 0 Å². The predicted molar refractivity (Wildman–Crippen MR) is 277 cm³/mol. The van der Waals surface area contributed by atoms with Crippen molar-refractivity contribution in [2.45, 2.75) is 105 Å². The summed E-state index contributed by atoms with van der Waals surface area (Å²) >= 11 is 3.19.